The van der Waals surface area contributed by atoms with E-state index in [0.29, 0.717) is 16.8 Å². The molecule has 28 heavy (non-hydrogen) atoms. The van der Waals surface area contributed by atoms with Crippen molar-refractivity contribution >= 4 is 29.0 Å². The van der Waals surface area contributed by atoms with Gasteiger partial charge in [0.15, 0.2) is 0 Å². The lowest BCUT2D eigenvalue weighted by Gasteiger charge is -2.34. The smallest absolute Gasteiger partial charge is 0.418 e. The Bertz CT molecular complexity index is 891. The van der Waals surface area contributed by atoms with Gasteiger partial charge in [-0.2, -0.15) is 0 Å². The van der Waals surface area contributed by atoms with E-state index in [0.717, 1.165) is 37.7 Å². The average Bonchev–Trinajstić information content (AvgIpc) is 3.00. The van der Waals surface area contributed by atoms with Gasteiger partial charge in [0.25, 0.3) is 0 Å². The first-order valence-electron chi connectivity index (χ1n) is 9.92. The molecule has 0 radical (unpaired) electrons. The number of hydrogen-bond acceptors (Lipinski definition) is 4. The number of carbonyl (C=O) groups excluding carboxylic acids is 1. The number of carbonyl (C=O) groups is 2. The second kappa shape index (κ2) is 8.61. The number of aliphatic carboxylic acids is 1. The van der Waals surface area contributed by atoms with Gasteiger partial charge in [-0.25, -0.2) is 9.36 Å². The fourth-order valence-electron chi connectivity index (χ4n) is 4.03. The van der Waals surface area contributed by atoms with E-state index < -0.39 is 12.1 Å². The zero-order valence-electron chi connectivity index (χ0n) is 16.5. The van der Waals surface area contributed by atoms with Crippen LogP contribution >= 0.6 is 0 Å². The number of nitrogens with one attached hydrogen (secondary N) is 1. The van der Waals surface area contributed by atoms with Crippen LogP contribution < -0.4 is 5.32 Å². The van der Waals surface area contributed by atoms with E-state index in [1.54, 1.807) is 6.92 Å². The fraction of sp³-hybridized carbons (Fsp3) is 0.455. The molecule has 150 valence electrons. The lowest BCUT2D eigenvalue weighted by atomic mass is 9.78. The normalized spacial score (nSPS) is 19.9. The fourth-order valence-corrected chi connectivity index (χ4v) is 4.03. The summed E-state index contributed by atoms with van der Waals surface area (Å²) in [6.45, 7) is 6.08. The van der Waals surface area contributed by atoms with Gasteiger partial charge in [-0.1, -0.05) is 31.2 Å². The standard InChI is InChI=1S/C22H28N2O4/c1-3-22(11-7-13-23-15-22)12-10-19-17(14-20(25)26)16-8-5-6-9-18(16)24(19)21(27)28-4-2/h5-6,8-10,12,23H,3-4,7,11,13-15H2,1-2H3,(H,25,26)/b12-10-. The van der Waals surface area contributed by atoms with Crippen LogP contribution in [0.5, 0.6) is 0 Å². The second-order valence-corrected chi connectivity index (χ2v) is 7.32. The Hall–Kier alpha value is -2.60. The summed E-state index contributed by atoms with van der Waals surface area (Å²) in [5.41, 5.74) is 1.92. The molecule has 0 bridgehead atoms. The largest absolute Gasteiger partial charge is 0.481 e. The zero-order valence-corrected chi connectivity index (χ0v) is 16.5. The first-order valence-corrected chi connectivity index (χ1v) is 9.92. The molecular formula is C22H28N2O4. The predicted octanol–water partition coefficient (Wildman–Crippen LogP) is 4.07. The summed E-state index contributed by atoms with van der Waals surface area (Å²) < 4.78 is 6.78. The highest BCUT2D eigenvalue weighted by Crippen LogP contribution is 2.34. The van der Waals surface area contributed by atoms with Gasteiger partial charge in [-0.05, 0) is 50.4 Å². The number of ether oxygens (including phenoxy) is 1. The summed E-state index contributed by atoms with van der Waals surface area (Å²) in [6, 6.07) is 7.38. The molecule has 6 heteroatoms. The number of piperidine rings is 1. The maximum atomic E-state index is 12.7. The summed E-state index contributed by atoms with van der Waals surface area (Å²) >= 11 is 0. The van der Waals surface area contributed by atoms with Crippen molar-refractivity contribution in [3.8, 4) is 0 Å². The summed E-state index contributed by atoms with van der Waals surface area (Å²) in [5.74, 6) is -0.925. The van der Waals surface area contributed by atoms with Gasteiger partial charge in [-0.3, -0.25) is 4.79 Å². The highest BCUT2D eigenvalue weighted by molar-refractivity contribution is 5.97. The van der Waals surface area contributed by atoms with E-state index in [1.807, 2.05) is 30.3 Å². The number of benzene rings is 1. The first kappa shape index (κ1) is 20.1. The number of hydrogen-bond donors (Lipinski definition) is 2. The first-order chi connectivity index (χ1) is 13.5. The van der Waals surface area contributed by atoms with Gasteiger partial charge < -0.3 is 15.2 Å². The van der Waals surface area contributed by atoms with Crippen molar-refractivity contribution in [1.82, 2.24) is 9.88 Å². The number of aromatic nitrogens is 1. The quantitative estimate of drug-likeness (QED) is 0.785. The summed E-state index contributed by atoms with van der Waals surface area (Å²) in [7, 11) is 0. The summed E-state index contributed by atoms with van der Waals surface area (Å²) in [6.07, 6.45) is 6.58. The summed E-state index contributed by atoms with van der Waals surface area (Å²) in [4.78, 5) is 24.3. The Balaban J connectivity index is 2.17. The third kappa shape index (κ3) is 3.97. The van der Waals surface area contributed by atoms with E-state index in [4.69, 9.17) is 4.74 Å². The van der Waals surface area contributed by atoms with Crippen molar-refractivity contribution in [2.24, 2.45) is 5.41 Å². The molecule has 1 aromatic heterocycles. The number of para-hydroxylation sites is 1. The van der Waals surface area contributed by atoms with Crippen LogP contribution in [0.2, 0.25) is 0 Å². The van der Waals surface area contributed by atoms with E-state index in [9.17, 15) is 14.7 Å². The number of nitrogens with zero attached hydrogens (tertiary/aromatic N) is 1. The predicted molar refractivity (Wildman–Crippen MR) is 110 cm³/mol. The maximum absolute atomic E-state index is 12.7. The van der Waals surface area contributed by atoms with Crippen LogP contribution in [-0.2, 0) is 16.0 Å². The van der Waals surface area contributed by atoms with Crippen LogP contribution in [0.25, 0.3) is 17.0 Å². The third-order valence-corrected chi connectivity index (χ3v) is 5.60. The SMILES string of the molecule is CCOC(=O)n1c(/C=C\C2(CC)CCCNC2)c(CC(=O)O)c2ccccc21. The lowest BCUT2D eigenvalue weighted by Crippen LogP contribution is -2.38. The van der Waals surface area contributed by atoms with E-state index in [-0.39, 0.29) is 18.4 Å². The number of carboxylic acids is 1. The Morgan fingerprint density at radius 3 is 2.75 bits per heavy atom. The lowest BCUT2D eigenvalue weighted by molar-refractivity contribution is -0.136. The van der Waals surface area contributed by atoms with Crippen molar-refractivity contribution in [2.45, 2.75) is 39.5 Å². The Morgan fingerprint density at radius 2 is 2.11 bits per heavy atom. The molecule has 1 aliphatic heterocycles. The topological polar surface area (TPSA) is 80.6 Å². The molecule has 3 rings (SSSR count). The molecule has 6 nitrogen and oxygen atoms in total. The molecule has 1 aromatic carbocycles. The van der Waals surface area contributed by atoms with Gasteiger partial charge in [-0.15, -0.1) is 0 Å². The van der Waals surface area contributed by atoms with Gasteiger partial charge in [0.2, 0.25) is 0 Å². The third-order valence-electron chi connectivity index (χ3n) is 5.60. The maximum Gasteiger partial charge on any atom is 0.418 e. The molecule has 2 N–H and O–H groups in total. The molecule has 1 saturated heterocycles. The van der Waals surface area contributed by atoms with E-state index in [1.165, 1.54) is 4.57 Å². The van der Waals surface area contributed by atoms with Crippen molar-refractivity contribution in [1.29, 1.82) is 0 Å². The minimum atomic E-state index is -0.925. The summed E-state index contributed by atoms with van der Waals surface area (Å²) in [5, 5.41) is 13.7. The number of rotatable bonds is 6. The minimum absolute atomic E-state index is 0.00862. The minimum Gasteiger partial charge on any atom is -0.481 e. The second-order valence-electron chi connectivity index (χ2n) is 7.32. The highest BCUT2D eigenvalue weighted by atomic mass is 16.5. The molecular weight excluding hydrogens is 356 g/mol. The average molecular weight is 384 g/mol. The van der Waals surface area contributed by atoms with Crippen molar-refractivity contribution in [3.63, 3.8) is 0 Å². The molecule has 2 heterocycles. The van der Waals surface area contributed by atoms with Gasteiger partial charge in [0.05, 0.1) is 24.2 Å². The molecule has 0 aliphatic carbocycles. The molecule has 1 fully saturated rings. The van der Waals surface area contributed by atoms with E-state index >= 15 is 0 Å². The molecule has 2 aromatic rings. The zero-order chi connectivity index (χ0) is 20.1. The Morgan fingerprint density at radius 1 is 1.32 bits per heavy atom. The van der Waals surface area contributed by atoms with Crippen LogP contribution in [0.3, 0.4) is 0 Å². The Kier molecular flexibility index (Phi) is 6.19. The number of fused-ring (bicyclic) bond motifs is 1. The van der Waals surface area contributed by atoms with Crippen LogP contribution in [-0.4, -0.2) is 41.4 Å². The van der Waals surface area contributed by atoms with Crippen LogP contribution in [0.4, 0.5) is 4.79 Å². The number of carboxylic acid groups (broad SMARTS) is 1. The van der Waals surface area contributed by atoms with Crippen LogP contribution in [0.1, 0.15) is 44.4 Å². The van der Waals surface area contributed by atoms with Crippen LogP contribution in [0.15, 0.2) is 30.3 Å². The van der Waals surface area contributed by atoms with Gasteiger partial charge >= 0.3 is 12.1 Å². The van der Waals surface area contributed by atoms with Gasteiger partial charge in [0.1, 0.15) is 0 Å². The highest BCUT2D eigenvalue weighted by Gasteiger charge is 2.28. The Labute approximate surface area is 165 Å². The molecule has 1 aliphatic rings. The molecule has 0 saturated carbocycles. The van der Waals surface area contributed by atoms with Crippen molar-refractivity contribution in [3.05, 3.63) is 41.6 Å². The molecule has 1 atom stereocenters. The van der Waals surface area contributed by atoms with Crippen molar-refractivity contribution in [2.75, 3.05) is 19.7 Å². The molecule has 0 spiro atoms. The monoisotopic (exact) mass is 384 g/mol. The van der Waals surface area contributed by atoms with Gasteiger partial charge in [0, 0.05) is 17.3 Å². The van der Waals surface area contributed by atoms with Crippen molar-refractivity contribution < 1.29 is 19.4 Å². The molecule has 1 unspecified atom stereocenters. The molecule has 0 amide bonds. The van der Waals surface area contributed by atoms with E-state index in [2.05, 4.69) is 18.3 Å². The van der Waals surface area contributed by atoms with Crippen LogP contribution in [0, 0.1) is 5.41 Å².